The summed E-state index contributed by atoms with van der Waals surface area (Å²) in [5.74, 6) is -0.137. The third kappa shape index (κ3) is 3.30. The van der Waals surface area contributed by atoms with Gasteiger partial charge < -0.3 is 4.57 Å². The van der Waals surface area contributed by atoms with E-state index in [-0.39, 0.29) is 16.7 Å². The summed E-state index contributed by atoms with van der Waals surface area (Å²) < 4.78 is 29.5. The lowest BCUT2D eigenvalue weighted by atomic mass is 10.1. The number of hydrogen-bond donors (Lipinski definition) is 0. The molecule has 156 valence electrons. The average Bonchev–Trinajstić information content (AvgIpc) is 3.30. The van der Waals surface area contributed by atoms with Crippen molar-refractivity contribution in [3.63, 3.8) is 0 Å². The molecule has 2 aromatic carbocycles. The Kier molecular flexibility index (Phi) is 4.60. The second-order valence-corrected chi connectivity index (χ2v) is 9.74. The van der Waals surface area contributed by atoms with E-state index in [1.54, 1.807) is 18.2 Å². The van der Waals surface area contributed by atoms with E-state index in [2.05, 4.69) is 23.0 Å². The molecule has 0 saturated carbocycles. The number of aromatic nitrogens is 4. The molecule has 0 aliphatic heterocycles. The van der Waals surface area contributed by atoms with Crippen LogP contribution in [0.25, 0.3) is 33.2 Å². The van der Waals surface area contributed by atoms with Crippen LogP contribution in [0.1, 0.15) is 11.1 Å². The molecule has 0 atom stereocenters. The highest BCUT2D eigenvalue weighted by atomic mass is 35.5. The molecule has 0 N–H and O–H groups in total. The molecule has 0 unspecified atom stereocenters. The number of aryl methyl sites for hydroxylation is 2. The van der Waals surface area contributed by atoms with Crippen molar-refractivity contribution in [2.75, 3.05) is 0 Å². The minimum absolute atomic E-state index is 0.00187. The number of para-hydroxylation sites is 1. The van der Waals surface area contributed by atoms with E-state index in [0.717, 1.165) is 22.0 Å². The first-order valence-electron chi connectivity index (χ1n) is 9.72. The summed E-state index contributed by atoms with van der Waals surface area (Å²) >= 11 is 6.26. The lowest BCUT2D eigenvalue weighted by molar-refractivity contribution is 0.588. The SMILES string of the molecule is Cc1cccc2c(-c3nc(Cl)nc4c3ccn4S(=O)(=O)Cc3ccccc3)cn(C)c12. The summed E-state index contributed by atoms with van der Waals surface area (Å²) in [6.07, 6.45) is 3.51. The van der Waals surface area contributed by atoms with Gasteiger partial charge in [-0.05, 0) is 35.7 Å². The van der Waals surface area contributed by atoms with Crippen LogP contribution >= 0.6 is 11.6 Å². The summed E-state index contributed by atoms with van der Waals surface area (Å²) in [6.45, 7) is 2.06. The number of rotatable bonds is 4. The van der Waals surface area contributed by atoms with E-state index in [1.807, 2.05) is 48.1 Å². The number of hydrogen-bond acceptors (Lipinski definition) is 4. The fourth-order valence-corrected chi connectivity index (χ4v) is 5.68. The minimum Gasteiger partial charge on any atom is -0.350 e. The molecule has 31 heavy (non-hydrogen) atoms. The zero-order chi connectivity index (χ0) is 21.8. The fraction of sp³-hybridized carbons (Fsp3) is 0.130. The van der Waals surface area contributed by atoms with Crippen LogP contribution in [0.4, 0.5) is 0 Å². The zero-order valence-electron chi connectivity index (χ0n) is 16.9. The van der Waals surface area contributed by atoms with Gasteiger partial charge in [-0.2, -0.15) is 4.98 Å². The van der Waals surface area contributed by atoms with Crippen LogP contribution in [0.3, 0.4) is 0 Å². The van der Waals surface area contributed by atoms with E-state index in [9.17, 15) is 8.42 Å². The Morgan fingerprint density at radius 2 is 1.74 bits per heavy atom. The number of halogens is 1. The second kappa shape index (κ2) is 7.21. The first-order valence-corrected chi connectivity index (χ1v) is 11.7. The maximum atomic E-state index is 13.2. The second-order valence-electron chi connectivity index (χ2n) is 7.56. The molecule has 3 aromatic heterocycles. The number of nitrogens with zero attached hydrogens (tertiary/aromatic N) is 4. The predicted octanol–water partition coefficient (Wildman–Crippen LogP) is 4.93. The first kappa shape index (κ1) is 19.8. The van der Waals surface area contributed by atoms with Crippen molar-refractivity contribution in [1.82, 2.24) is 18.5 Å². The van der Waals surface area contributed by atoms with Gasteiger partial charge in [0, 0.05) is 35.8 Å². The molecule has 5 aromatic rings. The van der Waals surface area contributed by atoms with Crippen molar-refractivity contribution in [1.29, 1.82) is 0 Å². The van der Waals surface area contributed by atoms with Crippen LogP contribution < -0.4 is 0 Å². The van der Waals surface area contributed by atoms with E-state index in [0.29, 0.717) is 16.6 Å². The van der Waals surface area contributed by atoms with Crippen molar-refractivity contribution < 1.29 is 8.42 Å². The maximum absolute atomic E-state index is 13.2. The Bertz CT molecular complexity index is 1550. The molecule has 0 amide bonds. The van der Waals surface area contributed by atoms with Gasteiger partial charge in [-0.3, -0.25) is 0 Å². The lowest BCUT2D eigenvalue weighted by Crippen LogP contribution is -2.14. The standard InChI is InChI=1S/C23H19ClN4O2S/c1-15-7-6-10-17-19(13-27(2)21(15)17)20-18-11-12-28(22(18)26-23(24)25-20)31(29,30)14-16-8-4-3-5-9-16/h3-13H,14H2,1-2H3. The molecule has 0 radical (unpaired) electrons. The van der Waals surface area contributed by atoms with Crippen LogP contribution in [-0.2, 0) is 22.8 Å². The zero-order valence-corrected chi connectivity index (χ0v) is 18.5. The van der Waals surface area contributed by atoms with Gasteiger partial charge in [-0.25, -0.2) is 17.4 Å². The molecule has 0 spiro atoms. The number of fused-ring (bicyclic) bond motifs is 2. The Balaban J connectivity index is 1.72. The predicted molar refractivity (Wildman–Crippen MR) is 124 cm³/mol. The molecule has 0 saturated heterocycles. The number of benzene rings is 2. The Morgan fingerprint density at radius 3 is 2.52 bits per heavy atom. The Morgan fingerprint density at radius 1 is 0.968 bits per heavy atom. The van der Waals surface area contributed by atoms with Crippen LogP contribution in [0, 0.1) is 6.92 Å². The van der Waals surface area contributed by atoms with E-state index in [1.165, 1.54) is 10.2 Å². The van der Waals surface area contributed by atoms with Gasteiger partial charge in [0.1, 0.15) is 0 Å². The third-order valence-corrected chi connectivity index (χ3v) is 7.19. The van der Waals surface area contributed by atoms with Gasteiger partial charge in [-0.1, -0.05) is 48.5 Å². The molecule has 0 bridgehead atoms. The topological polar surface area (TPSA) is 69.8 Å². The molecule has 3 heterocycles. The highest BCUT2D eigenvalue weighted by molar-refractivity contribution is 7.89. The highest BCUT2D eigenvalue weighted by Gasteiger charge is 2.22. The van der Waals surface area contributed by atoms with Gasteiger partial charge in [0.05, 0.1) is 17.0 Å². The Hall–Kier alpha value is -3.16. The summed E-state index contributed by atoms with van der Waals surface area (Å²) in [6, 6.07) is 16.9. The molecule has 5 rings (SSSR count). The molecule has 6 nitrogen and oxygen atoms in total. The van der Waals surface area contributed by atoms with Crippen molar-refractivity contribution in [3.05, 3.63) is 83.4 Å². The van der Waals surface area contributed by atoms with Gasteiger partial charge in [0.25, 0.3) is 0 Å². The van der Waals surface area contributed by atoms with Gasteiger partial charge in [0.15, 0.2) is 5.65 Å². The maximum Gasteiger partial charge on any atom is 0.244 e. The normalized spacial score (nSPS) is 12.1. The van der Waals surface area contributed by atoms with Crippen molar-refractivity contribution in [2.24, 2.45) is 7.05 Å². The van der Waals surface area contributed by atoms with Crippen molar-refractivity contribution in [2.45, 2.75) is 12.7 Å². The monoisotopic (exact) mass is 450 g/mol. The summed E-state index contributed by atoms with van der Waals surface area (Å²) in [5, 5.41) is 1.66. The van der Waals surface area contributed by atoms with Gasteiger partial charge in [0.2, 0.25) is 15.3 Å². The minimum atomic E-state index is -3.69. The third-order valence-electron chi connectivity index (χ3n) is 5.43. The Labute approximate surface area is 184 Å². The molecular weight excluding hydrogens is 432 g/mol. The molecular formula is C23H19ClN4O2S. The molecule has 8 heteroatoms. The van der Waals surface area contributed by atoms with Crippen LogP contribution in [-0.4, -0.2) is 26.9 Å². The molecule has 0 aliphatic rings. The quantitative estimate of drug-likeness (QED) is 0.364. The highest BCUT2D eigenvalue weighted by Crippen LogP contribution is 2.35. The van der Waals surface area contributed by atoms with Crippen molar-refractivity contribution >= 4 is 43.6 Å². The fourth-order valence-electron chi connectivity index (χ4n) is 4.11. The van der Waals surface area contributed by atoms with Crippen molar-refractivity contribution in [3.8, 4) is 11.3 Å². The van der Waals surface area contributed by atoms with Gasteiger partial charge >= 0.3 is 0 Å². The first-order chi connectivity index (χ1) is 14.8. The molecule has 0 aliphatic carbocycles. The summed E-state index contributed by atoms with van der Waals surface area (Å²) in [5.41, 5.74) is 4.71. The van der Waals surface area contributed by atoms with Gasteiger partial charge in [-0.15, -0.1) is 0 Å². The van der Waals surface area contributed by atoms with Crippen LogP contribution in [0.15, 0.2) is 67.0 Å². The van der Waals surface area contributed by atoms with E-state index < -0.39 is 10.0 Å². The summed E-state index contributed by atoms with van der Waals surface area (Å²) in [4.78, 5) is 8.74. The van der Waals surface area contributed by atoms with E-state index >= 15 is 0 Å². The van der Waals surface area contributed by atoms with E-state index in [4.69, 9.17) is 11.6 Å². The molecule has 0 fully saturated rings. The lowest BCUT2D eigenvalue weighted by Gasteiger charge is -2.08. The van der Waals surface area contributed by atoms with Crippen LogP contribution in [0.2, 0.25) is 5.28 Å². The summed E-state index contributed by atoms with van der Waals surface area (Å²) in [7, 11) is -1.71. The smallest absolute Gasteiger partial charge is 0.244 e. The van der Waals surface area contributed by atoms with Crippen LogP contribution in [0.5, 0.6) is 0 Å². The largest absolute Gasteiger partial charge is 0.350 e. The average molecular weight is 451 g/mol.